The van der Waals surface area contributed by atoms with Crippen molar-refractivity contribution >= 4 is 35.2 Å². The SMILES string of the molecule is CNCCOC1=Cc2ccccc2Sc2ccc(Cl)cc21. The molecule has 4 heteroatoms. The Morgan fingerprint density at radius 1 is 1.14 bits per heavy atom. The molecule has 1 N–H and O–H groups in total. The topological polar surface area (TPSA) is 21.3 Å². The molecule has 0 unspecified atom stereocenters. The zero-order valence-electron chi connectivity index (χ0n) is 11.7. The minimum absolute atomic E-state index is 0.626. The van der Waals surface area contributed by atoms with Gasteiger partial charge in [0.25, 0.3) is 0 Å². The van der Waals surface area contributed by atoms with Crippen LogP contribution in [0.2, 0.25) is 5.02 Å². The van der Waals surface area contributed by atoms with Gasteiger partial charge in [-0.2, -0.15) is 0 Å². The summed E-state index contributed by atoms with van der Waals surface area (Å²) < 4.78 is 5.97. The van der Waals surface area contributed by atoms with Crippen molar-refractivity contribution in [3.05, 3.63) is 58.6 Å². The molecule has 2 nitrogen and oxygen atoms in total. The van der Waals surface area contributed by atoms with Crippen molar-refractivity contribution in [3.63, 3.8) is 0 Å². The molecule has 21 heavy (non-hydrogen) atoms. The molecular formula is C17H16ClNOS. The highest BCUT2D eigenvalue weighted by molar-refractivity contribution is 7.99. The van der Waals surface area contributed by atoms with Crippen LogP contribution in [0.1, 0.15) is 11.1 Å². The van der Waals surface area contributed by atoms with E-state index in [-0.39, 0.29) is 0 Å². The maximum atomic E-state index is 6.16. The Morgan fingerprint density at radius 2 is 2.00 bits per heavy atom. The molecule has 0 fully saturated rings. The Kier molecular flexibility index (Phi) is 4.54. The van der Waals surface area contributed by atoms with E-state index < -0.39 is 0 Å². The van der Waals surface area contributed by atoms with E-state index >= 15 is 0 Å². The zero-order chi connectivity index (χ0) is 14.7. The number of likely N-dealkylation sites (N-methyl/N-ethyl adjacent to an activating group) is 1. The predicted octanol–water partition coefficient (Wildman–Crippen LogP) is 4.54. The molecule has 0 radical (unpaired) electrons. The van der Waals surface area contributed by atoms with Gasteiger partial charge in [0.15, 0.2) is 0 Å². The van der Waals surface area contributed by atoms with Crippen LogP contribution in [0, 0.1) is 0 Å². The van der Waals surface area contributed by atoms with E-state index in [1.165, 1.54) is 15.4 Å². The third-order valence-electron chi connectivity index (χ3n) is 3.24. The summed E-state index contributed by atoms with van der Waals surface area (Å²) in [6.07, 6.45) is 2.10. The van der Waals surface area contributed by atoms with E-state index in [0.717, 1.165) is 22.9 Å². The number of hydrogen-bond acceptors (Lipinski definition) is 3. The van der Waals surface area contributed by atoms with Crippen molar-refractivity contribution in [1.29, 1.82) is 0 Å². The molecule has 2 aromatic carbocycles. The van der Waals surface area contributed by atoms with Crippen molar-refractivity contribution in [2.75, 3.05) is 20.2 Å². The molecule has 0 bridgehead atoms. The number of benzene rings is 2. The minimum Gasteiger partial charge on any atom is -0.492 e. The van der Waals surface area contributed by atoms with Gasteiger partial charge in [-0.15, -0.1) is 0 Å². The highest BCUT2D eigenvalue weighted by atomic mass is 35.5. The fourth-order valence-electron chi connectivity index (χ4n) is 2.20. The number of fused-ring (bicyclic) bond motifs is 2. The van der Waals surface area contributed by atoms with Gasteiger partial charge in [0.2, 0.25) is 0 Å². The summed E-state index contributed by atoms with van der Waals surface area (Å²) in [5, 5.41) is 3.82. The summed E-state index contributed by atoms with van der Waals surface area (Å²) in [5.74, 6) is 0.875. The Bertz CT molecular complexity index is 684. The second-order valence-electron chi connectivity index (χ2n) is 4.74. The summed E-state index contributed by atoms with van der Waals surface area (Å²) in [6, 6.07) is 14.3. The molecule has 0 aromatic heterocycles. The first-order valence-corrected chi connectivity index (χ1v) is 8.03. The molecule has 0 aliphatic carbocycles. The van der Waals surface area contributed by atoms with Crippen LogP contribution in [0.3, 0.4) is 0 Å². The number of nitrogens with one attached hydrogen (secondary N) is 1. The molecule has 3 rings (SSSR count). The standard InChI is InChI=1S/C17H16ClNOS/c1-19-8-9-20-15-10-12-4-2-3-5-16(12)21-17-7-6-13(18)11-14(15)17/h2-7,10-11,19H,8-9H2,1H3. The molecule has 1 aliphatic heterocycles. The summed E-state index contributed by atoms with van der Waals surface area (Å²) >= 11 is 7.91. The quantitative estimate of drug-likeness (QED) is 0.837. The number of halogens is 1. The molecule has 1 heterocycles. The lowest BCUT2D eigenvalue weighted by molar-refractivity contribution is 0.280. The Morgan fingerprint density at radius 3 is 2.86 bits per heavy atom. The van der Waals surface area contributed by atoms with E-state index in [1.807, 2.05) is 25.2 Å². The van der Waals surface area contributed by atoms with Gasteiger partial charge in [-0.25, -0.2) is 0 Å². The summed E-state index contributed by atoms with van der Waals surface area (Å²) in [4.78, 5) is 2.40. The van der Waals surface area contributed by atoms with Gasteiger partial charge in [-0.3, -0.25) is 0 Å². The number of ether oxygens (including phenoxy) is 1. The fraction of sp³-hybridized carbons (Fsp3) is 0.176. The molecule has 108 valence electrons. The van der Waals surface area contributed by atoms with Crippen LogP contribution < -0.4 is 5.32 Å². The number of rotatable bonds is 4. The lowest BCUT2D eigenvalue weighted by Crippen LogP contribution is -2.13. The van der Waals surface area contributed by atoms with Crippen LogP contribution in [0.15, 0.2) is 52.3 Å². The highest BCUT2D eigenvalue weighted by Gasteiger charge is 2.17. The Labute approximate surface area is 134 Å². The Hall–Kier alpha value is -1.42. The first-order chi connectivity index (χ1) is 10.3. The van der Waals surface area contributed by atoms with Crippen LogP contribution in [0.4, 0.5) is 0 Å². The van der Waals surface area contributed by atoms with E-state index in [0.29, 0.717) is 6.61 Å². The molecule has 0 amide bonds. The molecule has 1 aliphatic rings. The van der Waals surface area contributed by atoms with Crippen molar-refractivity contribution < 1.29 is 4.74 Å². The normalized spacial score (nSPS) is 13.0. The first-order valence-electron chi connectivity index (χ1n) is 6.84. The van der Waals surface area contributed by atoms with Crippen molar-refractivity contribution in [1.82, 2.24) is 5.32 Å². The van der Waals surface area contributed by atoms with E-state index in [9.17, 15) is 0 Å². The van der Waals surface area contributed by atoms with Crippen LogP contribution in [-0.4, -0.2) is 20.2 Å². The molecule has 0 atom stereocenters. The van der Waals surface area contributed by atoms with Gasteiger partial charge in [-0.05, 0) is 43.0 Å². The molecule has 0 saturated carbocycles. The average Bonchev–Trinajstić information content (AvgIpc) is 2.64. The molecule has 0 spiro atoms. The van der Waals surface area contributed by atoms with Crippen molar-refractivity contribution in [2.45, 2.75) is 9.79 Å². The second kappa shape index (κ2) is 6.56. The Balaban J connectivity index is 2.05. The maximum absolute atomic E-state index is 6.16. The van der Waals surface area contributed by atoms with E-state index in [4.69, 9.17) is 16.3 Å². The maximum Gasteiger partial charge on any atom is 0.128 e. The zero-order valence-corrected chi connectivity index (χ0v) is 13.3. The fourth-order valence-corrected chi connectivity index (χ4v) is 3.40. The largest absolute Gasteiger partial charge is 0.492 e. The highest BCUT2D eigenvalue weighted by Crippen LogP contribution is 2.41. The summed E-state index contributed by atoms with van der Waals surface area (Å²) in [6.45, 7) is 1.43. The van der Waals surface area contributed by atoms with E-state index in [1.54, 1.807) is 11.8 Å². The second-order valence-corrected chi connectivity index (χ2v) is 6.26. The van der Waals surface area contributed by atoms with Gasteiger partial charge in [0.1, 0.15) is 12.4 Å². The minimum atomic E-state index is 0.626. The van der Waals surface area contributed by atoms with Gasteiger partial charge < -0.3 is 10.1 Å². The van der Waals surface area contributed by atoms with Crippen molar-refractivity contribution in [2.24, 2.45) is 0 Å². The number of hydrogen-bond donors (Lipinski definition) is 1. The smallest absolute Gasteiger partial charge is 0.128 e. The van der Waals surface area contributed by atoms with E-state index in [2.05, 4.69) is 35.7 Å². The van der Waals surface area contributed by atoms with Crippen molar-refractivity contribution in [3.8, 4) is 0 Å². The summed E-state index contributed by atoms with van der Waals surface area (Å²) in [5.41, 5.74) is 2.23. The predicted molar refractivity (Wildman–Crippen MR) is 89.8 cm³/mol. The van der Waals surface area contributed by atoms with Crippen LogP contribution in [-0.2, 0) is 4.74 Å². The lowest BCUT2D eigenvalue weighted by atomic mass is 10.1. The summed E-state index contributed by atoms with van der Waals surface area (Å²) in [7, 11) is 1.92. The van der Waals surface area contributed by atoms with Crippen LogP contribution >= 0.6 is 23.4 Å². The van der Waals surface area contributed by atoms with Gasteiger partial charge in [0, 0.05) is 26.9 Å². The van der Waals surface area contributed by atoms with Crippen LogP contribution in [0.5, 0.6) is 0 Å². The monoisotopic (exact) mass is 317 g/mol. The third-order valence-corrected chi connectivity index (χ3v) is 4.64. The molecule has 2 aromatic rings. The average molecular weight is 318 g/mol. The third kappa shape index (κ3) is 3.26. The lowest BCUT2D eigenvalue weighted by Gasteiger charge is -2.12. The molecule has 0 saturated heterocycles. The van der Waals surface area contributed by atoms with Crippen LogP contribution in [0.25, 0.3) is 11.8 Å². The van der Waals surface area contributed by atoms with Gasteiger partial charge >= 0.3 is 0 Å². The van der Waals surface area contributed by atoms with Gasteiger partial charge in [-0.1, -0.05) is 41.6 Å². The first kappa shape index (κ1) is 14.5. The molecular weight excluding hydrogens is 302 g/mol. The van der Waals surface area contributed by atoms with Gasteiger partial charge in [0.05, 0.1) is 0 Å².